The summed E-state index contributed by atoms with van der Waals surface area (Å²) in [5, 5.41) is 13.3. The van der Waals surface area contributed by atoms with Crippen LogP contribution in [0.25, 0.3) is 0 Å². The number of phenols is 1. The lowest BCUT2D eigenvalue weighted by atomic mass is 10.2. The second-order valence-electron chi connectivity index (χ2n) is 7.10. The fraction of sp³-hybridized carbons (Fsp3) is 0.611. The van der Waals surface area contributed by atoms with Gasteiger partial charge in [0.15, 0.2) is 5.96 Å². The first-order valence-corrected chi connectivity index (χ1v) is 10.0. The summed E-state index contributed by atoms with van der Waals surface area (Å²) >= 11 is 0. The van der Waals surface area contributed by atoms with Crippen molar-refractivity contribution in [1.29, 1.82) is 0 Å². The highest BCUT2D eigenvalue weighted by Gasteiger charge is 2.22. The fourth-order valence-corrected chi connectivity index (χ4v) is 3.68. The van der Waals surface area contributed by atoms with Gasteiger partial charge in [0.05, 0.1) is 5.69 Å². The molecule has 6 nitrogen and oxygen atoms in total. The number of phenolic OH excluding ortho intramolecular Hbond substituents is 1. The molecule has 2 rings (SSSR count). The first-order chi connectivity index (χ1) is 11.8. The third-order valence-electron chi connectivity index (χ3n) is 4.27. The molecule has 1 atom stereocenters. The summed E-state index contributed by atoms with van der Waals surface area (Å²) in [6, 6.07) is 7.44. The van der Waals surface area contributed by atoms with Gasteiger partial charge in [0.2, 0.25) is 0 Å². The minimum atomic E-state index is -0.866. The van der Waals surface area contributed by atoms with Crippen LogP contribution >= 0.6 is 0 Å². The number of nitrogens with one attached hydrogen (secondary N) is 1. The minimum Gasteiger partial charge on any atom is -0.506 e. The second kappa shape index (κ2) is 8.56. The van der Waals surface area contributed by atoms with Gasteiger partial charge in [-0.3, -0.25) is 9.20 Å². The second-order valence-corrected chi connectivity index (χ2v) is 9.42. The highest BCUT2D eigenvalue weighted by Crippen LogP contribution is 2.27. The number of benzene rings is 1. The van der Waals surface area contributed by atoms with Crippen LogP contribution in [0.3, 0.4) is 0 Å². The van der Waals surface area contributed by atoms with Crippen molar-refractivity contribution in [2.24, 2.45) is 4.99 Å². The SMILES string of the molecule is CN=C(NCCS(=O)C(C)(C)C)N1CCN(c2ccccc2O)CC1. The Balaban J connectivity index is 1.84. The van der Waals surface area contributed by atoms with E-state index in [1.54, 1.807) is 13.1 Å². The van der Waals surface area contributed by atoms with E-state index in [4.69, 9.17) is 0 Å². The van der Waals surface area contributed by atoms with E-state index in [1.807, 2.05) is 39.0 Å². The van der Waals surface area contributed by atoms with Crippen LogP contribution in [0.15, 0.2) is 29.3 Å². The van der Waals surface area contributed by atoms with Gasteiger partial charge in [-0.15, -0.1) is 0 Å². The van der Waals surface area contributed by atoms with Gasteiger partial charge in [-0.1, -0.05) is 12.1 Å². The van der Waals surface area contributed by atoms with Gasteiger partial charge in [-0.2, -0.15) is 0 Å². The van der Waals surface area contributed by atoms with Gasteiger partial charge in [-0.05, 0) is 32.9 Å². The van der Waals surface area contributed by atoms with Crippen LogP contribution in [0.2, 0.25) is 0 Å². The van der Waals surface area contributed by atoms with Crippen LogP contribution in [0.4, 0.5) is 5.69 Å². The fourth-order valence-electron chi connectivity index (χ4n) is 2.78. The van der Waals surface area contributed by atoms with E-state index in [2.05, 4.69) is 20.1 Å². The summed E-state index contributed by atoms with van der Waals surface area (Å²) in [6.07, 6.45) is 0. The number of para-hydroxylation sites is 2. The average molecular weight is 367 g/mol. The molecule has 0 bridgehead atoms. The summed E-state index contributed by atoms with van der Waals surface area (Å²) in [6.45, 7) is 9.95. The number of anilines is 1. The molecule has 1 aliphatic heterocycles. The lowest BCUT2D eigenvalue weighted by molar-refractivity contribution is 0.371. The van der Waals surface area contributed by atoms with E-state index in [0.29, 0.717) is 18.0 Å². The summed E-state index contributed by atoms with van der Waals surface area (Å²) in [5.41, 5.74) is 0.880. The Kier molecular flexibility index (Phi) is 6.70. The van der Waals surface area contributed by atoms with Gasteiger partial charge in [-0.25, -0.2) is 0 Å². The van der Waals surface area contributed by atoms with Gasteiger partial charge in [0.1, 0.15) is 5.75 Å². The van der Waals surface area contributed by atoms with Crippen molar-refractivity contribution in [1.82, 2.24) is 10.2 Å². The molecular weight excluding hydrogens is 336 g/mol. The lowest BCUT2D eigenvalue weighted by Crippen LogP contribution is -2.53. The molecule has 1 aromatic rings. The topological polar surface area (TPSA) is 68.2 Å². The Morgan fingerprint density at radius 3 is 2.44 bits per heavy atom. The Morgan fingerprint density at radius 2 is 1.88 bits per heavy atom. The smallest absolute Gasteiger partial charge is 0.193 e. The molecule has 0 saturated carbocycles. The molecule has 0 aromatic heterocycles. The van der Waals surface area contributed by atoms with Gasteiger partial charge >= 0.3 is 0 Å². The van der Waals surface area contributed by atoms with Crippen molar-refractivity contribution in [3.8, 4) is 5.75 Å². The summed E-state index contributed by atoms with van der Waals surface area (Å²) in [4.78, 5) is 8.74. The number of aromatic hydroxyl groups is 1. The molecule has 0 amide bonds. The van der Waals surface area contributed by atoms with Crippen molar-refractivity contribution in [3.05, 3.63) is 24.3 Å². The van der Waals surface area contributed by atoms with E-state index in [9.17, 15) is 9.32 Å². The van der Waals surface area contributed by atoms with Crippen molar-refractivity contribution in [2.45, 2.75) is 25.5 Å². The molecule has 1 aliphatic rings. The zero-order valence-electron chi connectivity index (χ0n) is 15.7. The van der Waals surface area contributed by atoms with Gasteiger partial charge in [0.25, 0.3) is 0 Å². The van der Waals surface area contributed by atoms with Crippen molar-refractivity contribution in [2.75, 3.05) is 50.4 Å². The molecule has 0 aliphatic carbocycles. The molecule has 25 heavy (non-hydrogen) atoms. The normalized spacial score (nSPS) is 17.5. The molecule has 7 heteroatoms. The Labute approximate surface area is 153 Å². The number of hydrogen-bond donors (Lipinski definition) is 2. The van der Waals surface area contributed by atoms with Crippen LogP contribution < -0.4 is 10.2 Å². The van der Waals surface area contributed by atoms with E-state index < -0.39 is 10.8 Å². The molecule has 2 N–H and O–H groups in total. The Hall–Kier alpha value is -1.76. The first kappa shape index (κ1) is 19.6. The highest BCUT2D eigenvalue weighted by atomic mass is 32.2. The Morgan fingerprint density at radius 1 is 1.24 bits per heavy atom. The highest BCUT2D eigenvalue weighted by molar-refractivity contribution is 7.86. The van der Waals surface area contributed by atoms with Crippen molar-refractivity contribution < 1.29 is 9.32 Å². The lowest BCUT2D eigenvalue weighted by Gasteiger charge is -2.37. The largest absolute Gasteiger partial charge is 0.506 e. The maximum Gasteiger partial charge on any atom is 0.193 e. The maximum absolute atomic E-state index is 12.1. The molecule has 1 fully saturated rings. The van der Waals surface area contributed by atoms with Crippen molar-refractivity contribution in [3.63, 3.8) is 0 Å². The molecule has 0 spiro atoms. The van der Waals surface area contributed by atoms with Gasteiger partial charge in [0, 0.05) is 61.1 Å². The first-order valence-electron chi connectivity index (χ1n) is 8.70. The molecule has 1 saturated heterocycles. The van der Waals surface area contributed by atoms with E-state index in [-0.39, 0.29) is 4.75 Å². The van der Waals surface area contributed by atoms with E-state index >= 15 is 0 Å². The predicted octanol–water partition coefficient (Wildman–Crippen LogP) is 1.64. The number of nitrogens with zero attached hydrogens (tertiary/aromatic N) is 3. The molecule has 140 valence electrons. The number of hydrogen-bond acceptors (Lipinski definition) is 4. The molecule has 1 heterocycles. The molecular formula is C18H30N4O2S. The van der Waals surface area contributed by atoms with Crippen molar-refractivity contribution >= 4 is 22.4 Å². The zero-order valence-corrected chi connectivity index (χ0v) is 16.5. The van der Waals surface area contributed by atoms with Crippen LogP contribution in [-0.4, -0.2) is 70.4 Å². The van der Waals surface area contributed by atoms with Crippen LogP contribution in [0.5, 0.6) is 5.75 Å². The number of aliphatic imine (C=N–C) groups is 1. The quantitative estimate of drug-likeness (QED) is 0.626. The predicted molar refractivity (Wildman–Crippen MR) is 106 cm³/mol. The summed E-state index contributed by atoms with van der Waals surface area (Å²) in [7, 11) is 0.910. The molecule has 1 aromatic carbocycles. The Bertz CT molecular complexity index is 620. The number of piperazine rings is 1. The standard InChI is InChI=1S/C18H30N4O2S/c1-18(2,3)25(24)14-9-20-17(19-4)22-12-10-21(11-13-22)15-7-5-6-8-16(15)23/h5-8,23H,9-14H2,1-4H3,(H,19,20). The zero-order chi connectivity index (χ0) is 18.4. The average Bonchev–Trinajstić information content (AvgIpc) is 2.58. The number of guanidine groups is 1. The molecule has 1 unspecified atom stereocenters. The monoisotopic (exact) mass is 366 g/mol. The summed E-state index contributed by atoms with van der Waals surface area (Å²) in [5.74, 6) is 1.78. The number of rotatable bonds is 4. The van der Waals surface area contributed by atoms with E-state index in [1.165, 1.54) is 0 Å². The van der Waals surface area contributed by atoms with Crippen LogP contribution in [-0.2, 0) is 10.8 Å². The third kappa shape index (κ3) is 5.36. The molecule has 0 radical (unpaired) electrons. The third-order valence-corrected chi connectivity index (χ3v) is 6.21. The van der Waals surface area contributed by atoms with Crippen LogP contribution in [0, 0.1) is 0 Å². The van der Waals surface area contributed by atoms with Gasteiger partial charge < -0.3 is 20.2 Å². The summed E-state index contributed by atoms with van der Waals surface area (Å²) < 4.78 is 11.9. The maximum atomic E-state index is 12.1. The van der Waals surface area contributed by atoms with Crippen LogP contribution in [0.1, 0.15) is 20.8 Å². The minimum absolute atomic E-state index is 0.186. The van der Waals surface area contributed by atoms with E-state index in [0.717, 1.165) is 37.8 Å².